The number of nitrogens with one attached hydrogen (secondary N) is 1. The fourth-order valence-electron chi connectivity index (χ4n) is 2.13. The Balaban J connectivity index is 3.17. The highest BCUT2D eigenvalue weighted by Crippen LogP contribution is 2.29. The molecule has 1 rings (SSSR count). The number of hydrogen-bond acceptors (Lipinski definition) is 3. The molecule has 4 N–H and O–H groups in total. The minimum Gasteiger partial charge on any atom is -0.409 e. The molecule has 7 heteroatoms. The lowest BCUT2D eigenvalue weighted by atomic mass is 9.80. The number of rotatable bonds is 5. The SMILES string of the molecule is CCC(CC)(C(=O)Nc1cc(F)c(C)cc1F)/C(N)=N/O. The molecule has 0 unspecified atom stereocenters. The predicted molar refractivity (Wildman–Crippen MR) is 76.1 cm³/mol. The van der Waals surface area contributed by atoms with Gasteiger partial charge < -0.3 is 16.3 Å². The molecule has 1 aromatic carbocycles. The van der Waals surface area contributed by atoms with E-state index in [4.69, 9.17) is 10.9 Å². The smallest absolute Gasteiger partial charge is 0.238 e. The normalized spacial score (nSPS) is 12.3. The molecule has 0 heterocycles. The molecule has 0 saturated carbocycles. The van der Waals surface area contributed by atoms with Crippen molar-refractivity contribution < 1.29 is 18.8 Å². The van der Waals surface area contributed by atoms with Crippen LogP contribution in [0, 0.1) is 24.0 Å². The number of benzene rings is 1. The van der Waals surface area contributed by atoms with Crippen molar-refractivity contribution in [1.82, 2.24) is 0 Å². The third-order valence-corrected chi connectivity index (χ3v) is 3.74. The number of nitrogens with two attached hydrogens (primary N) is 1. The van der Waals surface area contributed by atoms with Crippen molar-refractivity contribution in [3.8, 4) is 0 Å². The molecule has 0 aliphatic carbocycles. The molecular formula is C14H19F2N3O2. The topological polar surface area (TPSA) is 87.7 Å². The number of carbonyl (C=O) groups excluding carboxylic acids is 1. The first-order chi connectivity index (χ1) is 9.82. The summed E-state index contributed by atoms with van der Waals surface area (Å²) < 4.78 is 27.3. The summed E-state index contributed by atoms with van der Waals surface area (Å²) in [5, 5.41) is 14.0. The summed E-state index contributed by atoms with van der Waals surface area (Å²) in [6.07, 6.45) is 0.502. The van der Waals surface area contributed by atoms with Crippen molar-refractivity contribution in [2.24, 2.45) is 16.3 Å². The first kappa shape index (κ1) is 16.9. The van der Waals surface area contributed by atoms with Crippen molar-refractivity contribution in [3.63, 3.8) is 0 Å². The molecule has 0 atom stereocenters. The van der Waals surface area contributed by atoms with E-state index in [1.807, 2.05) is 0 Å². The Labute approximate surface area is 121 Å². The number of hydrogen-bond donors (Lipinski definition) is 3. The fourth-order valence-corrected chi connectivity index (χ4v) is 2.13. The van der Waals surface area contributed by atoms with Crippen LogP contribution < -0.4 is 11.1 Å². The zero-order chi connectivity index (χ0) is 16.2. The molecular weight excluding hydrogens is 280 g/mol. The summed E-state index contributed by atoms with van der Waals surface area (Å²) in [5.41, 5.74) is 4.18. The first-order valence-corrected chi connectivity index (χ1v) is 6.57. The van der Waals surface area contributed by atoms with Crippen LogP contribution in [0.1, 0.15) is 32.3 Å². The highest BCUT2D eigenvalue weighted by atomic mass is 19.1. The number of amidine groups is 1. The first-order valence-electron chi connectivity index (χ1n) is 6.57. The van der Waals surface area contributed by atoms with Crippen LogP contribution in [0.15, 0.2) is 17.3 Å². The van der Waals surface area contributed by atoms with E-state index >= 15 is 0 Å². The van der Waals surface area contributed by atoms with Crippen LogP contribution in [0.4, 0.5) is 14.5 Å². The van der Waals surface area contributed by atoms with Gasteiger partial charge in [-0.2, -0.15) is 0 Å². The van der Waals surface area contributed by atoms with E-state index < -0.39 is 23.0 Å². The minimum absolute atomic E-state index is 0.138. The minimum atomic E-state index is -1.28. The van der Waals surface area contributed by atoms with Crippen molar-refractivity contribution in [3.05, 3.63) is 29.3 Å². The van der Waals surface area contributed by atoms with Gasteiger partial charge in [0.15, 0.2) is 5.84 Å². The lowest BCUT2D eigenvalue weighted by Gasteiger charge is -2.28. The molecule has 0 spiro atoms. The quantitative estimate of drug-likeness (QED) is 0.338. The number of anilines is 1. The molecule has 116 valence electrons. The van der Waals surface area contributed by atoms with E-state index in [2.05, 4.69) is 10.5 Å². The molecule has 0 aromatic heterocycles. The van der Waals surface area contributed by atoms with Gasteiger partial charge >= 0.3 is 0 Å². The van der Waals surface area contributed by atoms with Crippen molar-refractivity contribution in [1.29, 1.82) is 0 Å². The van der Waals surface area contributed by atoms with Gasteiger partial charge in [-0.05, 0) is 31.4 Å². The van der Waals surface area contributed by atoms with Crippen molar-refractivity contribution in [2.75, 3.05) is 5.32 Å². The Bertz CT molecular complexity index is 570. The van der Waals surface area contributed by atoms with Gasteiger partial charge in [-0.25, -0.2) is 8.78 Å². The summed E-state index contributed by atoms with van der Waals surface area (Å²) >= 11 is 0. The maximum absolute atomic E-state index is 13.8. The number of amides is 1. The third-order valence-electron chi connectivity index (χ3n) is 3.74. The number of oxime groups is 1. The Kier molecular flexibility index (Phi) is 5.23. The molecule has 0 aliphatic heterocycles. The van der Waals surface area contributed by atoms with Crippen LogP contribution in [0.25, 0.3) is 0 Å². The van der Waals surface area contributed by atoms with E-state index in [9.17, 15) is 13.6 Å². The maximum atomic E-state index is 13.8. The molecule has 0 fully saturated rings. The Morgan fingerprint density at radius 2 is 1.90 bits per heavy atom. The second-order valence-electron chi connectivity index (χ2n) is 4.81. The number of halogens is 2. The van der Waals surface area contributed by atoms with E-state index in [1.54, 1.807) is 13.8 Å². The van der Waals surface area contributed by atoms with Gasteiger partial charge in [-0.3, -0.25) is 4.79 Å². The van der Waals surface area contributed by atoms with E-state index in [1.165, 1.54) is 6.92 Å². The summed E-state index contributed by atoms with van der Waals surface area (Å²) in [7, 11) is 0. The van der Waals surface area contributed by atoms with Crippen LogP contribution in [0.3, 0.4) is 0 Å². The largest absolute Gasteiger partial charge is 0.409 e. The number of carbonyl (C=O) groups is 1. The highest BCUT2D eigenvalue weighted by molar-refractivity contribution is 6.11. The summed E-state index contributed by atoms with van der Waals surface area (Å²) in [6, 6.07) is 1.90. The molecule has 0 aliphatic rings. The fraction of sp³-hybridized carbons (Fsp3) is 0.429. The molecule has 0 bridgehead atoms. The predicted octanol–water partition coefficient (Wildman–Crippen LogP) is 2.76. The van der Waals surface area contributed by atoms with Gasteiger partial charge in [-0.1, -0.05) is 19.0 Å². The molecule has 5 nitrogen and oxygen atoms in total. The van der Waals surface area contributed by atoms with E-state index in [0.29, 0.717) is 0 Å². The van der Waals surface area contributed by atoms with Crippen molar-refractivity contribution in [2.45, 2.75) is 33.6 Å². The zero-order valence-corrected chi connectivity index (χ0v) is 12.2. The van der Waals surface area contributed by atoms with Crippen LogP contribution in [-0.2, 0) is 4.79 Å². The van der Waals surface area contributed by atoms with Crippen LogP contribution in [0.5, 0.6) is 0 Å². The Hall–Kier alpha value is -2.18. The highest BCUT2D eigenvalue weighted by Gasteiger charge is 2.40. The second-order valence-corrected chi connectivity index (χ2v) is 4.81. The van der Waals surface area contributed by atoms with Gasteiger partial charge in [-0.15, -0.1) is 0 Å². The molecule has 21 heavy (non-hydrogen) atoms. The summed E-state index contributed by atoms with van der Waals surface area (Å²) in [6.45, 7) is 4.79. The van der Waals surface area contributed by atoms with E-state index in [-0.39, 0.29) is 29.9 Å². The molecule has 0 saturated heterocycles. The summed E-state index contributed by atoms with van der Waals surface area (Å²) in [4.78, 5) is 12.4. The van der Waals surface area contributed by atoms with Gasteiger partial charge in [0, 0.05) is 6.07 Å². The molecule has 0 radical (unpaired) electrons. The standard InChI is InChI=1S/C14H19F2N3O2/c1-4-14(5-2,12(17)19-21)13(20)18-11-7-9(15)8(3)6-10(11)16/h6-7,21H,4-5H2,1-3H3,(H2,17,19)(H,18,20). The zero-order valence-electron chi connectivity index (χ0n) is 12.2. The van der Waals surface area contributed by atoms with Crippen molar-refractivity contribution >= 4 is 17.4 Å². The lowest BCUT2D eigenvalue weighted by Crippen LogP contribution is -2.46. The molecule has 1 aromatic rings. The lowest BCUT2D eigenvalue weighted by molar-refractivity contribution is -0.122. The Morgan fingerprint density at radius 1 is 1.33 bits per heavy atom. The van der Waals surface area contributed by atoms with Gasteiger partial charge in [0.2, 0.25) is 5.91 Å². The maximum Gasteiger partial charge on any atom is 0.238 e. The van der Waals surface area contributed by atoms with Crippen LogP contribution in [0.2, 0.25) is 0 Å². The molecule has 1 amide bonds. The number of aryl methyl sites for hydroxylation is 1. The van der Waals surface area contributed by atoms with Gasteiger partial charge in [0.1, 0.15) is 17.0 Å². The summed E-state index contributed by atoms with van der Waals surface area (Å²) in [5.74, 6) is -2.29. The number of nitrogens with zero attached hydrogens (tertiary/aromatic N) is 1. The monoisotopic (exact) mass is 299 g/mol. The van der Waals surface area contributed by atoms with Crippen LogP contribution >= 0.6 is 0 Å². The Morgan fingerprint density at radius 3 is 2.38 bits per heavy atom. The second kappa shape index (κ2) is 6.51. The average Bonchev–Trinajstić information content (AvgIpc) is 2.46. The van der Waals surface area contributed by atoms with Crippen LogP contribution in [-0.4, -0.2) is 17.0 Å². The van der Waals surface area contributed by atoms with Gasteiger partial charge in [0.05, 0.1) is 5.69 Å². The average molecular weight is 299 g/mol. The van der Waals surface area contributed by atoms with E-state index in [0.717, 1.165) is 12.1 Å². The third kappa shape index (κ3) is 3.12. The van der Waals surface area contributed by atoms with Gasteiger partial charge in [0.25, 0.3) is 0 Å².